The first-order valence-electron chi connectivity index (χ1n) is 7.51. The molecule has 2 aromatic heterocycles. The molecule has 0 unspecified atom stereocenters. The molecule has 0 bridgehead atoms. The number of fused-ring (bicyclic) bond motifs is 2. The average Bonchev–Trinajstić information content (AvgIpc) is 3.00. The van der Waals surface area contributed by atoms with Crippen LogP contribution < -0.4 is 5.32 Å². The highest BCUT2D eigenvalue weighted by Crippen LogP contribution is 2.40. The van der Waals surface area contributed by atoms with E-state index in [0.29, 0.717) is 11.2 Å². The Morgan fingerprint density at radius 1 is 1.17 bits per heavy atom. The van der Waals surface area contributed by atoms with Crippen molar-refractivity contribution in [3.05, 3.63) is 54.7 Å². The van der Waals surface area contributed by atoms with Crippen LogP contribution in [0.4, 0.5) is 5.69 Å². The second kappa shape index (κ2) is 5.62. The highest BCUT2D eigenvalue weighted by atomic mass is 32.1. The van der Waals surface area contributed by atoms with Gasteiger partial charge in [-0.2, -0.15) is 0 Å². The van der Waals surface area contributed by atoms with Crippen LogP contribution in [0.2, 0.25) is 0 Å². The van der Waals surface area contributed by atoms with E-state index in [9.17, 15) is 9.90 Å². The van der Waals surface area contributed by atoms with Gasteiger partial charge >= 0.3 is 0 Å². The number of hydrogen-bond donors (Lipinski definition) is 2. The summed E-state index contributed by atoms with van der Waals surface area (Å²) in [5.74, 6) is -0.240. The maximum absolute atomic E-state index is 11.2. The molecule has 0 spiro atoms. The van der Waals surface area contributed by atoms with E-state index in [-0.39, 0.29) is 11.7 Å². The van der Waals surface area contributed by atoms with Crippen LogP contribution in [-0.2, 0) is 4.79 Å². The van der Waals surface area contributed by atoms with E-state index in [0.717, 1.165) is 15.8 Å². The number of pyridine rings is 1. The zero-order valence-corrected chi connectivity index (χ0v) is 13.7. The molecule has 0 radical (unpaired) electrons. The van der Waals surface area contributed by atoms with Crippen molar-refractivity contribution in [3.63, 3.8) is 0 Å². The number of phenols is 1. The number of phenolic OH excluding ortho intramolecular Hbond substituents is 1. The van der Waals surface area contributed by atoms with Crippen molar-refractivity contribution in [2.75, 3.05) is 5.32 Å². The standard InChI is InChI=1S/C19H14N2O2S/c1-11(22)21-15-7-6-14-13(8-9-20-18(14)19(15)23)17-10-12-4-2-3-5-16(12)24-17/h2-10,23H,1H3,(H,21,22). The van der Waals surface area contributed by atoms with Gasteiger partial charge < -0.3 is 10.4 Å². The van der Waals surface area contributed by atoms with Crippen LogP contribution in [0, 0.1) is 0 Å². The van der Waals surface area contributed by atoms with E-state index >= 15 is 0 Å². The Kier molecular flexibility index (Phi) is 3.43. The number of carbonyl (C=O) groups is 1. The number of benzene rings is 2. The Morgan fingerprint density at radius 2 is 2.00 bits per heavy atom. The summed E-state index contributed by atoms with van der Waals surface area (Å²) >= 11 is 1.71. The van der Waals surface area contributed by atoms with Crippen LogP contribution >= 0.6 is 11.3 Å². The largest absolute Gasteiger partial charge is 0.504 e. The summed E-state index contributed by atoms with van der Waals surface area (Å²) in [6.45, 7) is 1.41. The number of carbonyl (C=O) groups excluding carboxylic acids is 1. The zero-order valence-electron chi connectivity index (χ0n) is 12.9. The first-order valence-corrected chi connectivity index (χ1v) is 8.32. The van der Waals surface area contributed by atoms with E-state index in [1.54, 1.807) is 23.6 Å². The molecule has 0 saturated carbocycles. The number of hydrogen-bond acceptors (Lipinski definition) is 4. The van der Waals surface area contributed by atoms with Crippen LogP contribution in [0.3, 0.4) is 0 Å². The van der Waals surface area contributed by atoms with Gasteiger partial charge in [0.05, 0.1) is 5.69 Å². The maximum atomic E-state index is 11.2. The number of aromatic hydroxyl groups is 1. The smallest absolute Gasteiger partial charge is 0.221 e. The van der Waals surface area contributed by atoms with Crippen LogP contribution in [-0.4, -0.2) is 16.0 Å². The summed E-state index contributed by atoms with van der Waals surface area (Å²) in [5.41, 5.74) is 1.87. The molecule has 0 saturated heterocycles. The molecule has 0 fully saturated rings. The van der Waals surface area contributed by atoms with Crippen molar-refractivity contribution in [2.45, 2.75) is 6.92 Å². The Morgan fingerprint density at radius 3 is 2.79 bits per heavy atom. The lowest BCUT2D eigenvalue weighted by molar-refractivity contribution is -0.114. The fourth-order valence-electron chi connectivity index (χ4n) is 2.82. The summed E-state index contributed by atoms with van der Waals surface area (Å²) in [4.78, 5) is 16.7. The van der Waals surface area contributed by atoms with Gasteiger partial charge in [-0.1, -0.05) is 18.2 Å². The summed E-state index contributed by atoms with van der Waals surface area (Å²) in [6.07, 6.45) is 1.68. The number of nitrogens with one attached hydrogen (secondary N) is 1. The molecule has 0 aliphatic carbocycles. The zero-order chi connectivity index (χ0) is 16.7. The van der Waals surface area contributed by atoms with Gasteiger partial charge in [-0.05, 0) is 35.7 Å². The Balaban J connectivity index is 1.93. The molecule has 2 N–H and O–H groups in total. The molecule has 24 heavy (non-hydrogen) atoms. The molecule has 0 aliphatic heterocycles. The van der Waals surface area contributed by atoms with Crippen LogP contribution in [0.25, 0.3) is 31.4 Å². The predicted octanol–water partition coefficient (Wildman–Crippen LogP) is 4.78. The number of amides is 1. The van der Waals surface area contributed by atoms with E-state index < -0.39 is 0 Å². The quantitative estimate of drug-likeness (QED) is 0.519. The fraction of sp³-hybridized carbons (Fsp3) is 0.0526. The van der Waals surface area contributed by atoms with Gasteiger partial charge in [0.25, 0.3) is 0 Å². The van der Waals surface area contributed by atoms with Gasteiger partial charge in [-0.25, -0.2) is 0 Å². The fourth-order valence-corrected chi connectivity index (χ4v) is 3.93. The Labute approximate surface area is 142 Å². The topological polar surface area (TPSA) is 62.2 Å². The van der Waals surface area contributed by atoms with E-state index in [4.69, 9.17) is 0 Å². The maximum Gasteiger partial charge on any atom is 0.221 e. The summed E-state index contributed by atoms with van der Waals surface area (Å²) in [5, 5.41) is 15.1. The summed E-state index contributed by atoms with van der Waals surface area (Å²) in [7, 11) is 0. The van der Waals surface area contributed by atoms with E-state index in [2.05, 4.69) is 28.5 Å². The second-order valence-electron chi connectivity index (χ2n) is 5.55. The third-order valence-corrected chi connectivity index (χ3v) is 5.04. The molecular weight excluding hydrogens is 320 g/mol. The molecule has 4 rings (SSSR count). The van der Waals surface area contributed by atoms with Crippen molar-refractivity contribution in [2.24, 2.45) is 0 Å². The lowest BCUT2D eigenvalue weighted by Crippen LogP contribution is -2.06. The highest BCUT2D eigenvalue weighted by Gasteiger charge is 2.13. The van der Waals surface area contributed by atoms with Gasteiger partial charge in [0.15, 0.2) is 5.75 Å². The van der Waals surface area contributed by atoms with Crippen molar-refractivity contribution in [1.82, 2.24) is 4.98 Å². The molecular formula is C19H14N2O2S. The minimum absolute atomic E-state index is 0.00865. The van der Waals surface area contributed by atoms with Crippen molar-refractivity contribution in [1.29, 1.82) is 0 Å². The molecule has 118 valence electrons. The minimum Gasteiger partial charge on any atom is -0.504 e. The molecule has 4 nitrogen and oxygen atoms in total. The van der Waals surface area contributed by atoms with Crippen LogP contribution in [0.5, 0.6) is 5.75 Å². The molecule has 2 heterocycles. The van der Waals surface area contributed by atoms with Gasteiger partial charge in [0, 0.05) is 33.6 Å². The monoisotopic (exact) mass is 334 g/mol. The Hall–Kier alpha value is -2.92. The Bertz CT molecular complexity index is 1050. The highest BCUT2D eigenvalue weighted by molar-refractivity contribution is 7.22. The number of aromatic nitrogens is 1. The molecule has 5 heteroatoms. The number of thiophene rings is 1. The first-order chi connectivity index (χ1) is 11.6. The lowest BCUT2D eigenvalue weighted by Gasteiger charge is -2.10. The summed E-state index contributed by atoms with van der Waals surface area (Å²) < 4.78 is 1.22. The molecule has 4 aromatic rings. The third-order valence-electron chi connectivity index (χ3n) is 3.89. The third kappa shape index (κ3) is 2.39. The number of anilines is 1. The van der Waals surface area contributed by atoms with Crippen LogP contribution in [0.1, 0.15) is 6.92 Å². The average molecular weight is 334 g/mol. The first kappa shape index (κ1) is 14.7. The van der Waals surface area contributed by atoms with E-state index in [1.807, 2.05) is 24.3 Å². The van der Waals surface area contributed by atoms with Crippen molar-refractivity contribution >= 4 is 43.9 Å². The molecule has 0 atom stereocenters. The van der Waals surface area contributed by atoms with Gasteiger partial charge in [0.1, 0.15) is 5.52 Å². The predicted molar refractivity (Wildman–Crippen MR) is 98.5 cm³/mol. The number of nitrogens with zero attached hydrogens (tertiary/aromatic N) is 1. The molecule has 1 amide bonds. The normalized spacial score (nSPS) is 11.0. The van der Waals surface area contributed by atoms with Crippen LogP contribution in [0.15, 0.2) is 54.7 Å². The van der Waals surface area contributed by atoms with Gasteiger partial charge in [-0.15, -0.1) is 11.3 Å². The molecule has 0 aliphatic rings. The van der Waals surface area contributed by atoms with Crippen molar-refractivity contribution < 1.29 is 9.90 Å². The SMILES string of the molecule is CC(=O)Nc1ccc2c(-c3cc4ccccc4s3)ccnc2c1O. The lowest BCUT2D eigenvalue weighted by atomic mass is 10.1. The summed E-state index contributed by atoms with van der Waals surface area (Å²) in [6, 6.07) is 15.9. The van der Waals surface area contributed by atoms with E-state index in [1.165, 1.54) is 17.0 Å². The van der Waals surface area contributed by atoms with Crippen molar-refractivity contribution in [3.8, 4) is 16.2 Å². The minimum atomic E-state index is -0.231. The number of rotatable bonds is 2. The van der Waals surface area contributed by atoms with Gasteiger partial charge in [0.2, 0.25) is 5.91 Å². The van der Waals surface area contributed by atoms with Gasteiger partial charge in [-0.3, -0.25) is 9.78 Å². The molecule has 2 aromatic carbocycles. The second-order valence-corrected chi connectivity index (χ2v) is 6.63.